The summed E-state index contributed by atoms with van der Waals surface area (Å²) in [5.41, 5.74) is 5.44. The highest BCUT2D eigenvalue weighted by molar-refractivity contribution is 6.22. The van der Waals surface area contributed by atoms with Crippen LogP contribution in [0.4, 0.5) is 0 Å². The number of benzene rings is 2. The SMILES string of the molecule is CC1C=c2c(ccc3c2=CC(=O)c2ccccc2-3)C(C)C1=O.c1ncc2[nH]cnc2n1. The average molecular weight is 408 g/mol. The van der Waals surface area contributed by atoms with E-state index in [1.54, 1.807) is 18.6 Å². The third-order valence-corrected chi connectivity index (χ3v) is 5.94. The van der Waals surface area contributed by atoms with Crippen molar-refractivity contribution in [2.45, 2.75) is 19.8 Å². The number of hydrogen-bond donors (Lipinski definition) is 1. The first-order valence-corrected chi connectivity index (χ1v) is 10.2. The van der Waals surface area contributed by atoms with Gasteiger partial charge in [0.05, 0.1) is 12.5 Å². The van der Waals surface area contributed by atoms with Gasteiger partial charge in [-0.2, -0.15) is 0 Å². The summed E-state index contributed by atoms with van der Waals surface area (Å²) in [6.07, 6.45) is 8.49. The Morgan fingerprint density at radius 2 is 1.71 bits per heavy atom. The Morgan fingerprint density at radius 1 is 0.903 bits per heavy atom. The molecule has 0 radical (unpaired) electrons. The number of nitrogens with zero attached hydrogens (tertiary/aromatic N) is 3. The number of imidazole rings is 1. The maximum absolute atomic E-state index is 12.4. The van der Waals surface area contributed by atoms with E-state index in [2.05, 4.69) is 19.9 Å². The maximum atomic E-state index is 12.4. The van der Waals surface area contributed by atoms with Crippen LogP contribution in [0, 0.1) is 5.92 Å². The Balaban J connectivity index is 0.000000189. The molecule has 0 saturated carbocycles. The van der Waals surface area contributed by atoms with E-state index in [9.17, 15) is 9.59 Å². The molecule has 152 valence electrons. The molecule has 0 fully saturated rings. The maximum Gasteiger partial charge on any atom is 0.187 e. The standard InChI is InChI=1S/C20H16O2.C5H4N4/c1-11-9-17-13(12(2)20(11)22)7-8-15-14-5-3-4-6-16(14)19(21)10-18(15)17;1-4-5(8-2-6-1)9-3-7-4/h3-12H,1-2H3;1-3H,(H,6,7,8,9). The summed E-state index contributed by atoms with van der Waals surface area (Å²) in [4.78, 5) is 39.1. The second-order valence-electron chi connectivity index (χ2n) is 7.83. The largest absolute Gasteiger partial charge is 0.342 e. The van der Waals surface area contributed by atoms with Gasteiger partial charge >= 0.3 is 0 Å². The van der Waals surface area contributed by atoms with Crippen LogP contribution < -0.4 is 10.4 Å². The molecule has 2 unspecified atom stereocenters. The Hall–Kier alpha value is -3.93. The Kier molecular flexibility index (Phi) is 4.55. The lowest BCUT2D eigenvalue weighted by atomic mass is 9.79. The summed E-state index contributed by atoms with van der Waals surface area (Å²) in [7, 11) is 0. The molecule has 6 heteroatoms. The van der Waals surface area contributed by atoms with Gasteiger partial charge in [-0.25, -0.2) is 15.0 Å². The fraction of sp³-hybridized carbons (Fsp3) is 0.160. The molecule has 0 amide bonds. The normalized spacial score (nSPS) is 18.6. The lowest BCUT2D eigenvalue weighted by Gasteiger charge is -2.23. The smallest absolute Gasteiger partial charge is 0.187 e. The molecule has 2 aliphatic carbocycles. The fourth-order valence-electron chi connectivity index (χ4n) is 4.32. The van der Waals surface area contributed by atoms with E-state index < -0.39 is 0 Å². The van der Waals surface area contributed by atoms with Crippen LogP contribution in [0.5, 0.6) is 0 Å². The van der Waals surface area contributed by atoms with E-state index >= 15 is 0 Å². The monoisotopic (exact) mass is 408 g/mol. The van der Waals surface area contributed by atoms with Crippen molar-refractivity contribution in [3.05, 3.63) is 76.8 Å². The minimum Gasteiger partial charge on any atom is -0.342 e. The summed E-state index contributed by atoms with van der Waals surface area (Å²) < 4.78 is 0. The Morgan fingerprint density at radius 3 is 2.52 bits per heavy atom. The predicted molar refractivity (Wildman–Crippen MR) is 119 cm³/mol. The highest BCUT2D eigenvalue weighted by atomic mass is 16.1. The van der Waals surface area contributed by atoms with Gasteiger partial charge in [-0.15, -0.1) is 0 Å². The topological polar surface area (TPSA) is 88.6 Å². The van der Waals surface area contributed by atoms with Crippen molar-refractivity contribution < 1.29 is 9.59 Å². The summed E-state index contributed by atoms with van der Waals surface area (Å²) >= 11 is 0. The number of nitrogens with one attached hydrogen (secondary N) is 1. The van der Waals surface area contributed by atoms with E-state index in [0.29, 0.717) is 5.65 Å². The fourth-order valence-corrected chi connectivity index (χ4v) is 4.32. The highest BCUT2D eigenvalue weighted by Crippen LogP contribution is 2.27. The number of rotatable bonds is 0. The predicted octanol–water partition coefficient (Wildman–Crippen LogP) is 2.79. The van der Waals surface area contributed by atoms with Crippen molar-refractivity contribution in [1.29, 1.82) is 0 Å². The van der Waals surface area contributed by atoms with Crippen molar-refractivity contribution >= 4 is 34.9 Å². The van der Waals surface area contributed by atoms with Crippen LogP contribution in [-0.4, -0.2) is 31.5 Å². The second-order valence-corrected chi connectivity index (χ2v) is 7.83. The third-order valence-electron chi connectivity index (χ3n) is 5.94. The van der Waals surface area contributed by atoms with Gasteiger partial charge < -0.3 is 4.98 Å². The summed E-state index contributed by atoms with van der Waals surface area (Å²) in [5.74, 6) is 0.0766. The number of carbonyl (C=O) groups excluding carboxylic acids is 2. The molecule has 2 aromatic carbocycles. The van der Waals surface area contributed by atoms with Crippen LogP contribution in [0.2, 0.25) is 0 Å². The highest BCUT2D eigenvalue weighted by Gasteiger charge is 2.27. The first-order valence-electron chi connectivity index (χ1n) is 10.2. The van der Waals surface area contributed by atoms with E-state index in [1.165, 1.54) is 6.33 Å². The third kappa shape index (κ3) is 3.17. The van der Waals surface area contributed by atoms with Gasteiger partial charge in [0.1, 0.15) is 17.6 Å². The molecule has 0 bridgehead atoms. The van der Waals surface area contributed by atoms with E-state index in [4.69, 9.17) is 0 Å². The lowest BCUT2D eigenvalue weighted by molar-refractivity contribution is -0.122. The van der Waals surface area contributed by atoms with E-state index in [1.807, 2.05) is 56.3 Å². The molecule has 6 rings (SSSR count). The van der Waals surface area contributed by atoms with Crippen molar-refractivity contribution in [3.63, 3.8) is 0 Å². The molecule has 1 N–H and O–H groups in total. The summed E-state index contributed by atoms with van der Waals surface area (Å²) in [6, 6.07) is 11.8. The average Bonchev–Trinajstić information content (AvgIpc) is 3.27. The molecule has 0 saturated heterocycles. The van der Waals surface area contributed by atoms with Crippen molar-refractivity contribution in [2.75, 3.05) is 0 Å². The number of ketones is 2. The van der Waals surface area contributed by atoms with Crippen LogP contribution >= 0.6 is 0 Å². The number of aromatic nitrogens is 4. The van der Waals surface area contributed by atoms with Gasteiger partial charge in [-0.1, -0.05) is 56.3 Å². The quantitative estimate of drug-likeness (QED) is 0.483. The van der Waals surface area contributed by atoms with Crippen LogP contribution in [0.1, 0.15) is 35.7 Å². The van der Waals surface area contributed by atoms with Gasteiger partial charge in [0.2, 0.25) is 0 Å². The zero-order valence-corrected chi connectivity index (χ0v) is 17.2. The molecule has 2 aliphatic rings. The number of fused-ring (bicyclic) bond motifs is 6. The number of H-pyrrole nitrogens is 1. The van der Waals surface area contributed by atoms with E-state index in [-0.39, 0.29) is 23.4 Å². The van der Waals surface area contributed by atoms with E-state index in [0.717, 1.165) is 38.2 Å². The first-order chi connectivity index (χ1) is 15.0. The lowest BCUT2D eigenvalue weighted by Crippen LogP contribution is -2.40. The van der Waals surface area contributed by atoms with Gasteiger partial charge in [0, 0.05) is 17.4 Å². The molecule has 31 heavy (non-hydrogen) atoms. The number of carbonyl (C=O) groups is 2. The molecule has 4 aromatic rings. The summed E-state index contributed by atoms with van der Waals surface area (Å²) in [6.45, 7) is 3.88. The van der Waals surface area contributed by atoms with Crippen LogP contribution in [0.15, 0.2) is 55.2 Å². The molecular formula is C25H20N4O2. The van der Waals surface area contributed by atoms with Gasteiger partial charge in [-0.3, -0.25) is 9.59 Å². The Labute approximate surface area is 178 Å². The van der Waals surface area contributed by atoms with Crippen LogP contribution in [0.3, 0.4) is 0 Å². The van der Waals surface area contributed by atoms with Crippen molar-refractivity contribution in [2.24, 2.45) is 5.92 Å². The number of aromatic amines is 1. The molecule has 2 atom stereocenters. The first kappa shape index (κ1) is 19.1. The zero-order valence-electron chi connectivity index (χ0n) is 17.2. The van der Waals surface area contributed by atoms with Gasteiger partial charge in [0.15, 0.2) is 11.4 Å². The van der Waals surface area contributed by atoms with Crippen LogP contribution in [-0.2, 0) is 4.79 Å². The minimum atomic E-state index is -0.110. The molecule has 2 heterocycles. The zero-order chi connectivity index (χ0) is 21.5. The Bertz CT molecular complexity index is 1440. The number of hydrogen-bond acceptors (Lipinski definition) is 5. The molecule has 2 aromatic heterocycles. The van der Waals surface area contributed by atoms with Gasteiger partial charge in [-0.05, 0) is 33.2 Å². The number of Topliss-reactive ketones (excluding diaryl/α,β-unsaturated/α-hetero) is 2. The second kappa shape index (κ2) is 7.40. The van der Waals surface area contributed by atoms with Gasteiger partial charge in [0.25, 0.3) is 0 Å². The van der Waals surface area contributed by atoms with Crippen molar-refractivity contribution in [3.8, 4) is 11.1 Å². The molecular weight excluding hydrogens is 388 g/mol. The molecule has 0 spiro atoms. The van der Waals surface area contributed by atoms with Crippen LogP contribution in [0.25, 0.3) is 34.4 Å². The molecule has 0 aliphatic heterocycles. The summed E-state index contributed by atoms with van der Waals surface area (Å²) in [5, 5.41) is 2.02. The molecule has 6 nitrogen and oxygen atoms in total. The minimum absolute atomic E-state index is 0.0436. The van der Waals surface area contributed by atoms with Crippen molar-refractivity contribution in [1.82, 2.24) is 19.9 Å².